The van der Waals surface area contributed by atoms with Gasteiger partial charge in [-0.25, -0.2) is 0 Å². The predicted molar refractivity (Wildman–Crippen MR) is 41.0 cm³/mol. The van der Waals surface area contributed by atoms with Crippen LogP contribution in [0.1, 0.15) is 13.3 Å². The van der Waals surface area contributed by atoms with Gasteiger partial charge in [-0.3, -0.25) is 14.5 Å². The van der Waals surface area contributed by atoms with Crippen LogP contribution in [0.4, 0.5) is 0 Å². The fraction of sp³-hybridized carbons (Fsp3) is 0.714. The predicted octanol–water partition coefficient (Wildman–Crippen LogP) is -1.06. The lowest BCUT2D eigenvalue weighted by atomic mass is 10.2. The molecule has 0 amide bonds. The van der Waals surface area contributed by atoms with Crippen LogP contribution in [0.5, 0.6) is 0 Å². The number of aliphatic hydroxyl groups is 1. The van der Waals surface area contributed by atoms with Crippen LogP contribution < -0.4 is 0 Å². The van der Waals surface area contributed by atoms with Crippen molar-refractivity contribution in [3.63, 3.8) is 0 Å². The van der Waals surface area contributed by atoms with E-state index in [0.29, 0.717) is 0 Å². The first-order valence-corrected chi connectivity index (χ1v) is 3.78. The minimum absolute atomic E-state index is 0.206. The van der Waals surface area contributed by atoms with E-state index in [0.717, 1.165) is 0 Å². The number of carboxylic acid groups (broad SMARTS) is 2. The topological polar surface area (TPSA) is 97.8 Å². The molecule has 1 aliphatic rings. The Morgan fingerprint density at radius 3 is 2.23 bits per heavy atom. The van der Waals surface area contributed by atoms with E-state index in [1.165, 1.54) is 11.8 Å². The maximum Gasteiger partial charge on any atom is 0.321 e. The molecule has 0 spiro atoms. The molecule has 1 saturated heterocycles. The molecule has 13 heavy (non-hydrogen) atoms. The van der Waals surface area contributed by atoms with Crippen molar-refractivity contribution in [2.24, 2.45) is 0 Å². The molecule has 0 bridgehead atoms. The fourth-order valence-corrected chi connectivity index (χ4v) is 1.23. The van der Waals surface area contributed by atoms with Crippen molar-refractivity contribution in [3.05, 3.63) is 0 Å². The summed E-state index contributed by atoms with van der Waals surface area (Å²) in [5.41, 5.74) is -1.15. The summed E-state index contributed by atoms with van der Waals surface area (Å²) in [5.74, 6) is -2.41. The normalized spacial score (nSPS) is 33.8. The summed E-state index contributed by atoms with van der Waals surface area (Å²) in [5, 5.41) is 26.4. The Balaban J connectivity index is 2.60. The van der Waals surface area contributed by atoms with Gasteiger partial charge in [-0.15, -0.1) is 0 Å². The van der Waals surface area contributed by atoms with Crippen LogP contribution in [-0.4, -0.2) is 50.5 Å². The minimum atomic E-state index is -1.22. The SMILES string of the molecule is CC1(O)CN1C(CC(=O)O)C(=O)O. The Morgan fingerprint density at radius 2 is 2.00 bits per heavy atom. The molecule has 3 unspecified atom stereocenters. The Morgan fingerprint density at radius 1 is 1.54 bits per heavy atom. The average Bonchev–Trinajstić information content (AvgIpc) is 2.53. The highest BCUT2D eigenvalue weighted by Crippen LogP contribution is 2.32. The number of β-amino-alcohol motifs (C(OH)–C–C–N with tert-alkyl or cyclic N) is 1. The van der Waals surface area contributed by atoms with Crippen molar-refractivity contribution in [1.82, 2.24) is 4.90 Å². The highest BCUT2D eigenvalue weighted by atomic mass is 16.4. The van der Waals surface area contributed by atoms with Gasteiger partial charge in [0.25, 0.3) is 0 Å². The van der Waals surface area contributed by atoms with Gasteiger partial charge in [0.1, 0.15) is 11.8 Å². The molecule has 1 heterocycles. The van der Waals surface area contributed by atoms with E-state index in [4.69, 9.17) is 10.2 Å². The molecule has 0 aliphatic carbocycles. The van der Waals surface area contributed by atoms with Gasteiger partial charge < -0.3 is 15.3 Å². The van der Waals surface area contributed by atoms with Gasteiger partial charge in [0.05, 0.1) is 6.42 Å². The largest absolute Gasteiger partial charge is 0.481 e. The van der Waals surface area contributed by atoms with E-state index < -0.39 is 30.1 Å². The lowest BCUT2D eigenvalue weighted by molar-refractivity contribution is -0.149. The van der Waals surface area contributed by atoms with E-state index in [9.17, 15) is 14.7 Å². The van der Waals surface area contributed by atoms with Gasteiger partial charge in [0.15, 0.2) is 0 Å². The van der Waals surface area contributed by atoms with Gasteiger partial charge in [-0.1, -0.05) is 0 Å². The molecule has 0 aromatic heterocycles. The molecule has 1 aliphatic heterocycles. The zero-order valence-corrected chi connectivity index (χ0v) is 7.10. The lowest BCUT2D eigenvalue weighted by Gasteiger charge is -2.13. The number of nitrogens with zero attached hydrogens (tertiary/aromatic N) is 1. The number of hydrogen-bond donors (Lipinski definition) is 3. The van der Waals surface area contributed by atoms with Crippen LogP contribution in [0.25, 0.3) is 0 Å². The number of rotatable bonds is 4. The Bertz CT molecular complexity index is 249. The lowest BCUT2D eigenvalue weighted by Crippen LogP contribution is -2.35. The Kier molecular flexibility index (Phi) is 2.27. The van der Waals surface area contributed by atoms with Crippen LogP contribution in [0.3, 0.4) is 0 Å². The summed E-state index contributed by atoms with van der Waals surface area (Å²) in [7, 11) is 0. The third-order valence-electron chi connectivity index (χ3n) is 2.01. The number of carbonyl (C=O) groups is 2. The van der Waals surface area contributed by atoms with E-state index in [2.05, 4.69) is 0 Å². The second kappa shape index (κ2) is 2.97. The smallest absolute Gasteiger partial charge is 0.321 e. The van der Waals surface area contributed by atoms with Crippen LogP contribution in [-0.2, 0) is 9.59 Å². The van der Waals surface area contributed by atoms with Crippen LogP contribution >= 0.6 is 0 Å². The summed E-state index contributed by atoms with van der Waals surface area (Å²) >= 11 is 0. The molecule has 0 radical (unpaired) electrons. The molecule has 3 N–H and O–H groups in total. The summed E-state index contributed by atoms with van der Waals surface area (Å²) in [6.07, 6.45) is -0.495. The fourth-order valence-electron chi connectivity index (χ4n) is 1.23. The van der Waals surface area contributed by atoms with Gasteiger partial charge >= 0.3 is 11.9 Å². The quantitative estimate of drug-likeness (QED) is 0.487. The molecule has 74 valence electrons. The number of carboxylic acids is 2. The molecule has 0 saturated carbocycles. The second-order valence-electron chi connectivity index (χ2n) is 3.30. The van der Waals surface area contributed by atoms with Crippen molar-refractivity contribution < 1.29 is 24.9 Å². The van der Waals surface area contributed by atoms with E-state index >= 15 is 0 Å². The first-order valence-electron chi connectivity index (χ1n) is 3.78. The molecule has 0 aromatic carbocycles. The first kappa shape index (κ1) is 9.94. The highest BCUT2D eigenvalue weighted by Gasteiger charge is 2.52. The van der Waals surface area contributed by atoms with Crippen molar-refractivity contribution in [2.45, 2.75) is 25.1 Å². The number of aliphatic carboxylic acids is 2. The Labute approximate surface area is 74.4 Å². The van der Waals surface area contributed by atoms with Gasteiger partial charge in [0, 0.05) is 6.54 Å². The second-order valence-corrected chi connectivity index (χ2v) is 3.30. The summed E-state index contributed by atoms with van der Waals surface area (Å²) in [6, 6.07) is -1.13. The zero-order valence-electron chi connectivity index (χ0n) is 7.10. The summed E-state index contributed by atoms with van der Waals surface area (Å²) in [4.78, 5) is 22.1. The zero-order chi connectivity index (χ0) is 10.2. The molecular formula is C7H11NO5. The molecule has 1 fully saturated rings. The molecule has 6 nitrogen and oxygen atoms in total. The van der Waals surface area contributed by atoms with E-state index in [1.807, 2.05) is 0 Å². The summed E-state index contributed by atoms with van der Waals surface area (Å²) in [6.45, 7) is 1.65. The first-order chi connectivity index (χ1) is 5.84. The standard InChI is InChI=1S/C7H11NO5/c1-7(13)3-8(7)4(6(11)12)2-5(9)10/h4,13H,2-3H2,1H3,(H,9,10)(H,11,12). The maximum atomic E-state index is 10.6. The van der Waals surface area contributed by atoms with Crippen molar-refractivity contribution in [1.29, 1.82) is 0 Å². The minimum Gasteiger partial charge on any atom is -0.481 e. The third kappa shape index (κ3) is 2.16. The van der Waals surface area contributed by atoms with Crippen LogP contribution in [0.15, 0.2) is 0 Å². The monoisotopic (exact) mass is 189 g/mol. The van der Waals surface area contributed by atoms with Gasteiger partial charge in [0.2, 0.25) is 0 Å². The average molecular weight is 189 g/mol. The Hall–Kier alpha value is -1.14. The van der Waals surface area contributed by atoms with Crippen molar-refractivity contribution in [3.8, 4) is 0 Å². The molecule has 0 aromatic rings. The van der Waals surface area contributed by atoms with Gasteiger partial charge in [-0.2, -0.15) is 0 Å². The van der Waals surface area contributed by atoms with Crippen molar-refractivity contribution >= 4 is 11.9 Å². The number of hydrogen-bond acceptors (Lipinski definition) is 4. The van der Waals surface area contributed by atoms with E-state index in [-0.39, 0.29) is 6.54 Å². The van der Waals surface area contributed by atoms with Crippen molar-refractivity contribution in [2.75, 3.05) is 6.54 Å². The highest BCUT2D eigenvalue weighted by molar-refractivity contribution is 5.81. The molecule has 3 atom stereocenters. The van der Waals surface area contributed by atoms with Crippen LogP contribution in [0, 0.1) is 0 Å². The van der Waals surface area contributed by atoms with Crippen LogP contribution in [0.2, 0.25) is 0 Å². The maximum absolute atomic E-state index is 10.6. The molecule has 6 heteroatoms. The third-order valence-corrected chi connectivity index (χ3v) is 2.01. The molecule has 1 rings (SSSR count). The summed E-state index contributed by atoms with van der Waals surface area (Å²) < 4.78 is 0. The van der Waals surface area contributed by atoms with E-state index in [1.54, 1.807) is 0 Å². The molecular weight excluding hydrogens is 178 g/mol. The van der Waals surface area contributed by atoms with Gasteiger partial charge in [-0.05, 0) is 6.92 Å².